The highest BCUT2D eigenvalue weighted by Gasteiger charge is 2.15. The summed E-state index contributed by atoms with van der Waals surface area (Å²) < 4.78 is 12.9. The van der Waals surface area contributed by atoms with E-state index >= 15 is 0 Å². The second-order valence-corrected chi connectivity index (χ2v) is 7.00. The fourth-order valence-corrected chi connectivity index (χ4v) is 3.26. The fraction of sp³-hybridized carbons (Fsp3) is 0.650. The average Bonchev–Trinajstić information content (AvgIpc) is 2.60. The quantitative estimate of drug-likeness (QED) is 0.258. The van der Waals surface area contributed by atoms with Crippen LogP contribution < -0.4 is 10.6 Å². The number of hydrogen-bond donors (Lipinski definition) is 2. The number of aliphatic imine (C=N–C) groups is 1. The molecule has 6 heteroatoms. The highest BCUT2D eigenvalue weighted by atomic mass is 127. The average molecular weight is 476 g/mol. The lowest BCUT2D eigenvalue weighted by atomic mass is 10.0. The molecule has 1 saturated heterocycles. The van der Waals surface area contributed by atoms with E-state index in [1.165, 1.54) is 51.0 Å². The van der Waals surface area contributed by atoms with Gasteiger partial charge in [0.05, 0.1) is 6.54 Å². The van der Waals surface area contributed by atoms with E-state index in [4.69, 9.17) is 0 Å². The first-order valence-corrected chi connectivity index (χ1v) is 9.66. The van der Waals surface area contributed by atoms with Gasteiger partial charge in [-0.15, -0.1) is 24.0 Å². The van der Waals surface area contributed by atoms with Gasteiger partial charge >= 0.3 is 0 Å². The maximum atomic E-state index is 12.9. The Morgan fingerprint density at radius 1 is 1.23 bits per heavy atom. The number of nitrogens with zero attached hydrogens (tertiary/aromatic N) is 2. The number of nitrogens with one attached hydrogen (secondary N) is 2. The van der Waals surface area contributed by atoms with Gasteiger partial charge in [-0.3, -0.25) is 0 Å². The van der Waals surface area contributed by atoms with Gasteiger partial charge < -0.3 is 15.5 Å². The van der Waals surface area contributed by atoms with E-state index in [0.29, 0.717) is 6.54 Å². The molecule has 4 nitrogen and oxygen atoms in total. The third-order valence-electron chi connectivity index (χ3n) is 4.61. The van der Waals surface area contributed by atoms with E-state index in [0.717, 1.165) is 37.0 Å². The fourth-order valence-electron chi connectivity index (χ4n) is 3.26. The van der Waals surface area contributed by atoms with E-state index in [-0.39, 0.29) is 29.8 Å². The van der Waals surface area contributed by atoms with Crippen LogP contribution in [0.15, 0.2) is 29.3 Å². The van der Waals surface area contributed by atoms with E-state index in [9.17, 15) is 4.39 Å². The monoisotopic (exact) mass is 476 g/mol. The maximum Gasteiger partial charge on any atom is 0.191 e. The van der Waals surface area contributed by atoms with Crippen molar-refractivity contribution in [3.63, 3.8) is 0 Å². The summed E-state index contributed by atoms with van der Waals surface area (Å²) in [4.78, 5) is 7.17. The zero-order valence-electron chi connectivity index (χ0n) is 16.1. The van der Waals surface area contributed by atoms with Crippen molar-refractivity contribution in [2.24, 2.45) is 10.9 Å². The molecule has 1 unspecified atom stereocenters. The topological polar surface area (TPSA) is 39.7 Å². The largest absolute Gasteiger partial charge is 0.357 e. The minimum Gasteiger partial charge on any atom is -0.357 e. The number of rotatable bonds is 8. The third-order valence-corrected chi connectivity index (χ3v) is 4.61. The number of hydrogen-bond acceptors (Lipinski definition) is 2. The van der Waals surface area contributed by atoms with Crippen LogP contribution in [0, 0.1) is 11.7 Å². The van der Waals surface area contributed by atoms with Gasteiger partial charge in [-0.2, -0.15) is 0 Å². The molecular weight excluding hydrogens is 442 g/mol. The van der Waals surface area contributed by atoms with Crippen molar-refractivity contribution in [1.29, 1.82) is 0 Å². The van der Waals surface area contributed by atoms with Gasteiger partial charge in [-0.25, -0.2) is 9.38 Å². The molecule has 0 aromatic heterocycles. The van der Waals surface area contributed by atoms with Crippen molar-refractivity contribution in [1.82, 2.24) is 15.5 Å². The molecule has 0 spiro atoms. The van der Waals surface area contributed by atoms with E-state index in [2.05, 4.69) is 34.4 Å². The van der Waals surface area contributed by atoms with Gasteiger partial charge in [0, 0.05) is 19.6 Å². The molecule has 0 bridgehead atoms. The van der Waals surface area contributed by atoms with Crippen LogP contribution in [0.4, 0.5) is 4.39 Å². The molecule has 2 rings (SSSR count). The Kier molecular flexibility index (Phi) is 11.8. The lowest BCUT2D eigenvalue weighted by Crippen LogP contribution is -2.38. The number of guanidine groups is 1. The number of likely N-dealkylation sites (tertiary alicyclic amines) is 1. The maximum absolute atomic E-state index is 12.9. The SMILES string of the molecule is CCNC(=NCc1ccc(F)cc1)NCCCCN1CCCC(C)C1.I. The summed E-state index contributed by atoms with van der Waals surface area (Å²) in [6, 6.07) is 6.52. The van der Waals surface area contributed by atoms with Gasteiger partial charge in [-0.05, 0) is 69.3 Å². The molecule has 1 aliphatic rings. The molecule has 1 aromatic carbocycles. The van der Waals surface area contributed by atoms with Crippen LogP contribution in [0.3, 0.4) is 0 Å². The number of unbranched alkanes of at least 4 members (excludes halogenated alkanes) is 1. The predicted octanol–water partition coefficient (Wildman–Crippen LogP) is 4.01. The molecule has 26 heavy (non-hydrogen) atoms. The highest BCUT2D eigenvalue weighted by Crippen LogP contribution is 2.15. The first-order chi connectivity index (χ1) is 12.2. The highest BCUT2D eigenvalue weighted by molar-refractivity contribution is 14.0. The Labute approximate surface area is 175 Å². The lowest BCUT2D eigenvalue weighted by molar-refractivity contribution is 0.181. The summed E-state index contributed by atoms with van der Waals surface area (Å²) >= 11 is 0. The van der Waals surface area contributed by atoms with Crippen molar-refractivity contribution < 1.29 is 4.39 Å². The van der Waals surface area contributed by atoms with Gasteiger partial charge in [0.1, 0.15) is 5.82 Å². The zero-order valence-corrected chi connectivity index (χ0v) is 18.5. The van der Waals surface area contributed by atoms with E-state index in [1.807, 2.05) is 0 Å². The van der Waals surface area contributed by atoms with Crippen molar-refractivity contribution >= 4 is 29.9 Å². The number of piperidine rings is 1. The summed E-state index contributed by atoms with van der Waals surface area (Å²) in [6.45, 7) is 10.5. The molecule has 0 aliphatic carbocycles. The summed E-state index contributed by atoms with van der Waals surface area (Å²) in [7, 11) is 0. The van der Waals surface area contributed by atoms with Crippen molar-refractivity contribution in [2.45, 2.75) is 46.1 Å². The van der Waals surface area contributed by atoms with Crippen LogP contribution in [-0.2, 0) is 6.54 Å². The molecule has 0 saturated carbocycles. The Hall–Kier alpha value is -0.890. The number of halogens is 2. The summed E-state index contributed by atoms with van der Waals surface area (Å²) in [5.74, 6) is 1.48. The van der Waals surface area contributed by atoms with Gasteiger partial charge in [0.15, 0.2) is 5.96 Å². The molecule has 1 atom stereocenters. The number of benzene rings is 1. The van der Waals surface area contributed by atoms with Crippen LogP contribution >= 0.6 is 24.0 Å². The summed E-state index contributed by atoms with van der Waals surface area (Å²) in [5, 5.41) is 6.66. The molecule has 1 aromatic rings. The van der Waals surface area contributed by atoms with Crippen molar-refractivity contribution in [2.75, 3.05) is 32.7 Å². The molecule has 148 valence electrons. The van der Waals surface area contributed by atoms with Crippen molar-refractivity contribution in [3.05, 3.63) is 35.6 Å². The summed E-state index contributed by atoms with van der Waals surface area (Å²) in [5.41, 5.74) is 1.01. The second kappa shape index (κ2) is 13.3. The van der Waals surface area contributed by atoms with Crippen LogP contribution in [0.5, 0.6) is 0 Å². The molecule has 0 amide bonds. The van der Waals surface area contributed by atoms with Crippen LogP contribution in [0.2, 0.25) is 0 Å². The Balaban J connectivity index is 0.00000338. The Bertz CT molecular complexity index is 521. The van der Waals surface area contributed by atoms with E-state index in [1.54, 1.807) is 12.1 Å². The van der Waals surface area contributed by atoms with Gasteiger partial charge in [-0.1, -0.05) is 19.1 Å². The Morgan fingerprint density at radius 2 is 2.00 bits per heavy atom. The normalized spacial score (nSPS) is 18.3. The minimum absolute atomic E-state index is 0. The summed E-state index contributed by atoms with van der Waals surface area (Å²) in [6.07, 6.45) is 5.09. The Morgan fingerprint density at radius 3 is 2.69 bits per heavy atom. The second-order valence-electron chi connectivity index (χ2n) is 7.00. The molecule has 0 radical (unpaired) electrons. The predicted molar refractivity (Wildman–Crippen MR) is 119 cm³/mol. The zero-order chi connectivity index (χ0) is 17.9. The van der Waals surface area contributed by atoms with Gasteiger partial charge in [0.25, 0.3) is 0 Å². The first-order valence-electron chi connectivity index (χ1n) is 9.66. The van der Waals surface area contributed by atoms with Crippen LogP contribution in [0.1, 0.15) is 45.1 Å². The van der Waals surface area contributed by atoms with Crippen LogP contribution in [-0.4, -0.2) is 43.6 Å². The molecule has 1 aliphatic heterocycles. The van der Waals surface area contributed by atoms with Gasteiger partial charge in [0.2, 0.25) is 0 Å². The minimum atomic E-state index is -0.208. The van der Waals surface area contributed by atoms with E-state index < -0.39 is 0 Å². The van der Waals surface area contributed by atoms with Crippen LogP contribution in [0.25, 0.3) is 0 Å². The molecule has 1 fully saturated rings. The smallest absolute Gasteiger partial charge is 0.191 e. The molecular formula is C20H34FIN4. The molecule has 2 N–H and O–H groups in total. The standard InChI is InChI=1S/C20H33FN4.HI/c1-3-22-20(24-15-18-8-10-19(21)11-9-18)23-12-4-5-13-25-14-6-7-17(2)16-25;/h8-11,17H,3-7,12-16H2,1-2H3,(H2,22,23,24);1H. The lowest BCUT2D eigenvalue weighted by Gasteiger charge is -2.30. The van der Waals surface area contributed by atoms with Crippen molar-refractivity contribution in [3.8, 4) is 0 Å². The first kappa shape index (κ1) is 23.1. The third kappa shape index (κ3) is 9.16. The molecule has 1 heterocycles.